The van der Waals surface area contributed by atoms with Crippen LogP contribution in [0.1, 0.15) is 36.1 Å². The van der Waals surface area contributed by atoms with E-state index in [4.69, 9.17) is 4.99 Å². The summed E-state index contributed by atoms with van der Waals surface area (Å²) in [6, 6.07) is 14.7. The topological polar surface area (TPSA) is 46.3 Å². The second-order valence-corrected chi connectivity index (χ2v) is 8.49. The second-order valence-electron chi connectivity index (χ2n) is 7.08. The van der Waals surface area contributed by atoms with E-state index in [9.17, 15) is 0 Å². The predicted octanol–water partition coefficient (Wildman–Crippen LogP) is 4.17. The minimum absolute atomic E-state index is 0.00548. The molecule has 0 radical (unpaired) electrons. The van der Waals surface area contributed by atoms with E-state index < -0.39 is 0 Å². The number of hydrogen-bond donors (Lipinski definition) is 0. The minimum atomic E-state index is 0.00548. The molecule has 0 unspecified atom stereocenters. The summed E-state index contributed by atoms with van der Waals surface area (Å²) in [5.41, 5.74) is 4.55. The first-order chi connectivity index (χ1) is 13.2. The zero-order chi connectivity index (χ0) is 18.4. The van der Waals surface area contributed by atoms with Crippen LogP contribution < -0.4 is 0 Å². The van der Waals surface area contributed by atoms with Crippen LogP contribution in [-0.4, -0.2) is 36.4 Å². The van der Waals surface area contributed by atoms with Gasteiger partial charge in [0.2, 0.25) is 0 Å². The smallest absolute Gasteiger partial charge is 0.160 e. The maximum atomic E-state index is 5.09. The Morgan fingerprint density at radius 1 is 1.07 bits per heavy atom. The highest BCUT2D eigenvalue weighted by atomic mass is 32.2. The number of thioether (sulfide) groups is 1. The van der Waals surface area contributed by atoms with E-state index in [2.05, 4.69) is 57.5 Å². The third kappa shape index (κ3) is 2.75. The lowest BCUT2D eigenvalue weighted by molar-refractivity contribution is 0.312. The molecule has 2 aliphatic rings. The molecule has 27 heavy (non-hydrogen) atoms. The Kier molecular flexibility index (Phi) is 4.01. The zero-order valence-electron chi connectivity index (χ0n) is 15.4. The fraction of sp³-hybridized carbons (Fsp3) is 0.286. The highest BCUT2D eigenvalue weighted by Crippen LogP contribution is 2.48. The molecule has 1 saturated heterocycles. The molecule has 0 spiro atoms. The maximum absolute atomic E-state index is 5.09. The molecule has 6 heteroatoms. The van der Waals surface area contributed by atoms with Gasteiger partial charge in [-0.05, 0) is 43.3 Å². The lowest BCUT2D eigenvalue weighted by atomic mass is 10.0. The molecule has 0 amide bonds. The summed E-state index contributed by atoms with van der Waals surface area (Å²) in [6.07, 6.45) is 5.59. The van der Waals surface area contributed by atoms with Gasteiger partial charge in [0.1, 0.15) is 6.04 Å². The molecule has 1 fully saturated rings. The van der Waals surface area contributed by atoms with Crippen LogP contribution in [0.5, 0.6) is 0 Å². The quantitative estimate of drug-likeness (QED) is 0.689. The van der Waals surface area contributed by atoms with Gasteiger partial charge in [-0.3, -0.25) is 15.0 Å². The van der Waals surface area contributed by atoms with Crippen molar-refractivity contribution >= 4 is 16.9 Å². The molecule has 3 atom stereocenters. The highest BCUT2D eigenvalue weighted by molar-refractivity contribution is 8.14. The van der Waals surface area contributed by atoms with Gasteiger partial charge in [0.15, 0.2) is 5.17 Å². The summed E-state index contributed by atoms with van der Waals surface area (Å²) in [6.45, 7) is 5.42. The van der Waals surface area contributed by atoms with Gasteiger partial charge < -0.3 is 9.47 Å². The summed E-state index contributed by atoms with van der Waals surface area (Å²) >= 11 is 1.87. The van der Waals surface area contributed by atoms with Crippen molar-refractivity contribution in [3.05, 3.63) is 78.1 Å². The lowest BCUT2D eigenvalue weighted by Crippen LogP contribution is -2.30. The van der Waals surface area contributed by atoms with Crippen LogP contribution in [0.3, 0.4) is 0 Å². The fourth-order valence-corrected chi connectivity index (χ4v) is 5.16. The number of aliphatic imine (C=N–C) groups is 1. The Bertz CT molecular complexity index is 982. The van der Waals surface area contributed by atoms with E-state index in [0.717, 1.165) is 23.1 Å². The van der Waals surface area contributed by atoms with Crippen LogP contribution in [0.2, 0.25) is 0 Å². The van der Waals surface area contributed by atoms with Crippen molar-refractivity contribution in [3.8, 4) is 5.69 Å². The van der Waals surface area contributed by atoms with E-state index in [0.29, 0.717) is 5.25 Å². The van der Waals surface area contributed by atoms with Gasteiger partial charge in [-0.15, -0.1) is 0 Å². The first kappa shape index (κ1) is 16.6. The van der Waals surface area contributed by atoms with Crippen molar-refractivity contribution in [2.75, 3.05) is 6.54 Å². The number of amidine groups is 1. The number of aromatic nitrogens is 3. The van der Waals surface area contributed by atoms with Gasteiger partial charge in [0.25, 0.3) is 0 Å². The summed E-state index contributed by atoms with van der Waals surface area (Å²) in [4.78, 5) is 16.5. The molecule has 0 N–H and O–H groups in total. The van der Waals surface area contributed by atoms with Gasteiger partial charge in [-0.2, -0.15) is 0 Å². The van der Waals surface area contributed by atoms with Crippen LogP contribution in [0, 0.1) is 6.92 Å². The Hall–Kier alpha value is -2.60. The largest absolute Gasteiger partial charge is 0.339 e. The number of hydrogen-bond acceptors (Lipinski definition) is 5. The number of pyridine rings is 2. The molecule has 2 aliphatic heterocycles. The minimum Gasteiger partial charge on any atom is -0.339 e. The number of fused-ring (bicyclic) bond motifs is 1. The second kappa shape index (κ2) is 6.53. The van der Waals surface area contributed by atoms with Crippen molar-refractivity contribution in [2.45, 2.75) is 31.2 Å². The van der Waals surface area contributed by atoms with E-state index in [-0.39, 0.29) is 12.1 Å². The Labute approximate surface area is 163 Å². The predicted molar refractivity (Wildman–Crippen MR) is 109 cm³/mol. The van der Waals surface area contributed by atoms with Crippen molar-refractivity contribution in [1.29, 1.82) is 0 Å². The molecule has 136 valence electrons. The Morgan fingerprint density at radius 2 is 2.00 bits per heavy atom. The molecule has 3 aromatic heterocycles. The van der Waals surface area contributed by atoms with E-state index in [1.165, 1.54) is 11.4 Å². The van der Waals surface area contributed by atoms with Crippen LogP contribution in [0.15, 0.2) is 66.0 Å². The molecule has 0 aliphatic carbocycles. The normalized spacial score (nSPS) is 24.1. The maximum Gasteiger partial charge on any atom is 0.160 e. The fourth-order valence-electron chi connectivity index (χ4n) is 4.07. The first-order valence-electron chi connectivity index (χ1n) is 9.23. The molecular weight excluding hydrogens is 354 g/mol. The highest BCUT2D eigenvalue weighted by Gasteiger charge is 2.44. The van der Waals surface area contributed by atoms with Crippen molar-refractivity contribution in [1.82, 2.24) is 19.4 Å². The third-order valence-corrected chi connectivity index (χ3v) is 6.30. The summed E-state index contributed by atoms with van der Waals surface area (Å²) in [5.74, 6) is 0. The van der Waals surface area contributed by atoms with Crippen LogP contribution in [-0.2, 0) is 0 Å². The molecular formula is C21H21N5S. The van der Waals surface area contributed by atoms with Gasteiger partial charge in [0.05, 0.1) is 23.6 Å². The van der Waals surface area contributed by atoms with Crippen LogP contribution >= 0.6 is 11.8 Å². The van der Waals surface area contributed by atoms with Crippen LogP contribution in [0.25, 0.3) is 5.69 Å². The Morgan fingerprint density at radius 3 is 2.78 bits per heavy atom. The molecule has 3 aromatic rings. The molecule has 5 heterocycles. The zero-order valence-corrected chi connectivity index (χ0v) is 16.2. The van der Waals surface area contributed by atoms with Gasteiger partial charge in [-0.1, -0.05) is 24.8 Å². The van der Waals surface area contributed by atoms with E-state index in [1.54, 1.807) is 0 Å². The SMILES string of the molecule is Cc1ccc([C@H]2[C@H](c3ccccn3)N=C3S[C@@H](C)CN32)n1-c1cccnc1. The van der Waals surface area contributed by atoms with Crippen molar-refractivity contribution < 1.29 is 0 Å². The summed E-state index contributed by atoms with van der Waals surface area (Å²) < 4.78 is 2.31. The van der Waals surface area contributed by atoms with Crippen molar-refractivity contribution in [3.63, 3.8) is 0 Å². The molecule has 5 nitrogen and oxygen atoms in total. The lowest BCUT2D eigenvalue weighted by Gasteiger charge is -2.28. The summed E-state index contributed by atoms with van der Waals surface area (Å²) in [7, 11) is 0. The third-order valence-electron chi connectivity index (χ3n) is 5.19. The Balaban J connectivity index is 1.65. The average Bonchev–Trinajstić information content (AvgIpc) is 3.34. The summed E-state index contributed by atoms with van der Waals surface area (Å²) in [5, 5.41) is 1.69. The van der Waals surface area contributed by atoms with Gasteiger partial charge in [0, 0.05) is 35.6 Å². The molecule has 5 rings (SSSR count). The first-order valence-corrected chi connectivity index (χ1v) is 10.1. The molecule has 0 aromatic carbocycles. The standard InChI is InChI=1S/C21H21N5S/c1-14-8-9-18(26(14)16-6-5-10-22-12-16)20-19(17-7-3-4-11-23-17)24-21-25(20)13-15(2)27-21/h3-12,15,19-20H,13H2,1-2H3/t15-,19-,20-/m0/s1. The number of rotatable bonds is 3. The molecule has 0 saturated carbocycles. The van der Waals surface area contributed by atoms with E-state index >= 15 is 0 Å². The molecule has 0 bridgehead atoms. The number of nitrogens with zero attached hydrogens (tertiary/aromatic N) is 5. The number of aryl methyl sites for hydroxylation is 1. The van der Waals surface area contributed by atoms with E-state index in [1.807, 2.05) is 48.6 Å². The van der Waals surface area contributed by atoms with Crippen molar-refractivity contribution in [2.24, 2.45) is 4.99 Å². The van der Waals surface area contributed by atoms with Gasteiger partial charge in [-0.25, -0.2) is 0 Å². The average molecular weight is 376 g/mol. The monoisotopic (exact) mass is 375 g/mol. The van der Waals surface area contributed by atoms with Gasteiger partial charge >= 0.3 is 0 Å². The van der Waals surface area contributed by atoms with Crippen LogP contribution in [0.4, 0.5) is 0 Å².